The molecular weight excluding hydrogens is 288 g/mol. The molecule has 1 aromatic heterocycles. The van der Waals surface area contributed by atoms with Gasteiger partial charge in [0.15, 0.2) is 5.03 Å². The molecule has 120 valence electrons. The first-order chi connectivity index (χ1) is 9.85. The number of likely N-dealkylation sites (N-methyl/N-ethyl adjacent to an activating group) is 1. The van der Waals surface area contributed by atoms with Gasteiger partial charge in [0.1, 0.15) is 0 Å². The summed E-state index contributed by atoms with van der Waals surface area (Å²) in [6.45, 7) is 5.21. The largest absolute Gasteiger partial charge is 0.336 e. The van der Waals surface area contributed by atoms with Gasteiger partial charge in [-0.2, -0.15) is 4.31 Å². The fourth-order valence-electron chi connectivity index (χ4n) is 2.99. The van der Waals surface area contributed by atoms with Crippen molar-refractivity contribution >= 4 is 10.0 Å². The Bertz CT molecular complexity index is 574. The maximum absolute atomic E-state index is 12.8. The number of nitrogens with zero attached hydrogens (tertiary/aromatic N) is 3. The van der Waals surface area contributed by atoms with Gasteiger partial charge in [0.05, 0.1) is 6.33 Å². The summed E-state index contributed by atoms with van der Waals surface area (Å²) in [5, 5.41) is 0.110. The zero-order chi connectivity index (χ0) is 15.7. The summed E-state index contributed by atoms with van der Waals surface area (Å²) >= 11 is 0. The fraction of sp³-hybridized carbons (Fsp3) is 0.786. The molecule has 0 atom stereocenters. The number of rotatable bonds is 5. The summed E-state index contributed by atoms with van der Waals surface area (Å²) in [7, 11) is -1.95. The van der Waals surface area contributed by atoms with Crippen LogP contribution in [0.4, 0.5) is 0 Å². The van der Waals surface area contributed by atoms with Crippen molar-refractivity contribution in [3.8, 4) is 0 Å². The van der Waals surface area contributed by atoms with Crippen LogP contribution in [0.5, 0.6) is 0 Å². The maximum atomic E-state index is 12.8. The van der Waals surface area contributed by atoms with Crippen LogP contribution in [0.15, 0.2) is 17.6 Å². The van der Waals surface area contributed by atoms with Gasteiger partial charge in [-0.15, -0.1) is 0 Å². The van der Waals surface area contributed by atoms with E-state index in [4.69, 9.17) is 5.73 Å². The van der Waals surface area contributed by atoms with E-state index in [1.165, 1.54) is 4.31 Å². The van der Waals surface area contributed by atoms with Gasteiger partial charge in [-0.3, -0.25) is 0 Å². The van der Waals surface area contributed by atoms with E-state index >= 15 is 0 Å². The van der Waals surface area contributed by atoms with Crippen molar-refractivity contribution in [1.82, 2.24) is 13.9 Å². The third kappa shape index (κ3) is 3.00. The number of nitrogens with two attached hydrogens (primary N) is 1. The zero-order valence-corrected chi connectivity index (χ0v) is 13.9. The minimum atomic E-state index is -3.59. The van der Waals surface area contributed by atoms with E-state index in [0.717, 1.165) is 25.7 Å². The first-order valence-corrected chi connectivity index (χ1v) is 9.00. The summed E-state index contributed by atoms with van der Waals surface area (Å²) in [4.78, 5) is 4.05. The number of hydrogen-bond acceptors (Lipinski definition) is 4. The molecule has 1 aromatic rings. The van der Waals surface area contributed by atoms with Crippen molar-refractivity contribution in [2.75, 3.05) is 13.6 Å². The second-order valence-corrected chi connectivity index (χ2v) is 8.04. The Balaban J connectivity index is 2.29. The Morgan fingerprint density at radius 1 is 1.48 bits per heavy atom. The standard InChI is InChI=1S/C14H26N4O2S/c1-4-18-9-13(16-11-18)21(19,20)17(3)14(10-15)7-5-12(2)6-8-14/h9,11-12H,4-8,10,15H2,1-3H3. The van der Waals surface area contributed by atoms with Crippen LogP contribution in [0.25, 0.3) is 0 Å². The minimum Gasteiger partial charge on any atom is -0.336 e. The lowest BCUT2D eigenvalue weighted by Gasteiger charge is -2.44. The molecule has 1 heterocycles. The summed E-state index contributed by atoms with van der Waals surface area (Å²) < 4.78 is 28.8. The molecule has 0 aromatic carbocycles. The van der Waals surface area contributed by atoms with Crippen molar-refractivity contribution < 1.29 is 8.42 Å². The van der Waals surface area contributed by atoms with E-state index in [0.29, 0.717) is 19.0 Å². The summed E-state index contributed by atoms with van der Waals surface area (Å²) in [5.41, 5.74) is 5.49. The molecule has 0 unspecified atom stereocenters. The smallest absolute Gasteiger partial charge is 0.262 e. The normalized spacial score (nSPS) is 27.2. The maximum Gasteiger partial charge on any atom is 0.262 e. The number of sulfonamides is 1. The first kappa shape index (κ1) is 16.5. The highest BCUT2D eigenvalue weighted by Crippen LogP contribution is 2.37. The van der Waals surface area contributed by atoms with Crippen LogP contribution in [0.3, 0.4) is 0 Å². The molecule has 2 N–H and O–H groups in total. The predicted molar refractivity (Wildman–Crippen MR) is 82.3 cm³/mol. The third-order valence-electron chi connectivity index (χ3n) is 4.85. The monoisotopic (exact) mass is 314 g/mol. The van der Waals surface area contributed by atoms with Gasteiger partial charge in [-0.05, 0) is 38.5 Å². The van der Waals surface area contributed by atoms with Crippen LogP contribution in [0, 0.1) is 5.92 Å². The Kier molecular flexibility index (Phi) is 4.75. The van der Waals surface area contributed by atoms with E-state index in [2.05, 4.69) is 11.9 Å². The molecule has 0 radical (unpaired) electrons. The predicted octanol–water partition coefficient (Wildman–Crippen LogP) is 1.43. The number of aromatic nitrogens is 2. The molecule has 0 aliphatic heterocycles. The molecule has 21 heavy (non-hydrogen) atoms. The van der Waals surface area contributed by atoms with E-state index < -0.39 is 15.6 Å². The molecule has 2 rings (SSSR count). The molecule has 0 amide bonds. The van der Waals surface area contributed by atoms with E-state index in [1.807, 2.05) is 6.92 Å². The van der Waals surface area contributed by atoms with Crippen molar-refractivity contribution in [3.05, 3.63) is 12.5 Å². The van der Waals surface area contributed by atoms with E-state index in [1.54, 1.807) is 24.1 Å². The molecule has 0 saturated heterocycles. The van der Waals surface area contributed by atoms with Crippen LogP contribution in [0.1, 0.15) is 39.5 Å². The summed E-state index contributed by atoms with van der Waals surface area (Å²) in [5.74, 6) is 0.639. The van der Waals surface area contributed by atoms with Crippen LogP contribution in [0.2, 0.25) is 0 Å². The molecule has 0 spiro atoms. The van der Waals surface area contributed by atoms with E-state index in [9.17, 15) is 8.42 Å². The van der Waals surface area contributed by atoms with Crippen molar-refractivity contribution in [3.63, 3.8) is 0 Å². The van der Waals surface area contributed by atoms with Crippen LogP contribution in [-0.2, 0) is 16.6 Å². The highest BCUT2D eigenvalue weighted by atomic mass is 32.2. The van der Waals surface area contributed by atoms with Gasteiger partial charge in [-0.25, -0.2) is 13.4 Å². The molecular formula is C14H26N4O2S. The SMILES string of the molecule is CCn1cnc(S(=O)(=O)N(C)C2(CN)CCC(C)CC2)c1. The Labute approximate surface area is 127 Å². The molecule has 7 heteroatoms. The average molecular weight is 314 g/mol. The molecule has 1 aliphatic rings. The zero-order valence-electron chi connectivity index (χ0n) is 13.1. The number of hydrogen-bond donors (Lipinski definition) is 1. The third-order valence-corrected chi connectivity index (χ3v) is 6.70. The second kappa shape index (κ2) is 6.06. The molecule has 1 aliphatic carbocycles. The molecule has 1 fully saturated rings. The molecule has 6 nitrogen and oxygen atoms in total. The van der Waals surface area contributed by atoms with Crippen LogP contribution in [-0.4, -0.2) is 41.4 Å². The minimum absolute atomic E-state index is 0.110. The Morgan fingerprint density at radius 3 is 2.57 bits per heavy atom. The highest BCUT2D eigenvalue weighted by molar-refractivity contribution is 7.89. The van der Waals surface area contributed by atoms with Gasteiger partial charge in [0.2, 0.25) is 0 Å². The summed E-state index contributed by atoms with van der Waals surface area (Å²) in [6.07, 6.45) is 6.80. The van der Waals surface area contributed by atoms with Crippen LogP contribution < -0.4 is 5.73 Å². The van der Waals surface area contributed by atoms with Gasteiger partial charge >= 0.3 is 0 Å². The van der Waals surface area contributed by atoms with Gasteiger partial charge in [0, 0.05) is 31.9 Å². The van der Waals surface area contributed by atoms with Gasteiger partial charge in [-0.1, -0.05) is 6.92 Å². The second-order valence-electron chi connectivity index (χ2n) is 6.13. The quantitative estimate of drug-likeness (QED) is 0.891. The average Bonchev–Trinajstić information content (AvgIpc) is 2.97. The van der Waals surface area contributed by atoms with Crippen LogP contribution >= 0.6 is 0 Å². The lowest BCUT2D eigenvalue weighted by molar-refractivity contribution is 0.135. The molecule has 1 saturated carbocycles. The number of aryl methyl sites for hydroxylation is 1. The Hall–Kier alpha value is -0.920. The van der Waals surface area contributed by atoms with Crippen molar-refractivity contribution in [1.29, 1.82) is 0 Å². The van der Waals surface area contributed by atoms with Gasteiger partial charge in [0.25, 0.3) is 10.0 Å². The molecule has 0 bridgehead atoms. The highest BCUT2D eigenvalue weighted by Gasteiger charge is 2.43. The van der Waals surface area contributed by atoms with Gasteiger partial charge < -0.3 is 10.3 Å². The topological polar surface area (TPSA) is 81.2 Å². The summed E-state index contributed by atoms with van der Waals surface area (Å²) in [6, 6.07) is 0. The first-order valence-electron chi connectivity index (χ1n) is 7.56. The number of imidazole rings is 1. The van der Waals surface area contributed by atoms with Crippen molar-refractivity contribution in [2.24, 2.45) is 11.7 Å². The fourth-order valence-corrected chi connectivity index (χ4v) is 4.48. The lowest BCUT2D eigenvalue weighted by Crippen LogP contribution is -2.56. The van der Waals surface area contributed by atoms with E-state index in [-0.39, 0.29) is 5.03 Å². The lowest BCUT2D eigenvalue weighted by atomic mass is 9.77. The van der Waals surface area contributed by atoms with Crippen molar-refractivity contribution in [2.45, 2.75) is 56.6 Å². The Morgan fingerprint density at radius 2 is 2.10 bits per heavy atom.